The number of urea groups is 1. The molecule has 4 N–H and O–H groups in total. The zero-order valence-electron chi connectivity index (χ0n) is 6.55. The molecular formula is C6H11N5O. The number of amides is 2. The highest BCUT2D eigenvalue weighted by atomic mass is 16.2. The van der Waals surface area contributed by atoms with Crippen molar-refractivity contribution in [1.82, 2.24) is 15.4 Å². The molecule has 0 aliphatic rings. The summed E-state index contributed by atoms with van der Waals surface area (Å²) in [5, 5.41) is 10.1. The van der Waals surface area contributed by atoms with E-state index < -0.39 is 6.03 Å². The first-order valence-electron chi connectivity index (χ1n) is 2.86. The largest absolute Gasteiger partial charge is 0.352 e. The Labute approximate surface area is 70.3 Å². The highest BCUT2D eigenvalue weighted by molar-refractivity contribution is 5.69. The van der Waals surface area contributed by atoms with Crippen molar-refractivity contribution >= 4 is 6.03 Å². The predicted molar refractivity (Wildman–Crippen MR) is 44.9 cm³/mol. The van der Waals surface area contributed by atoms with E-state index in [0.717, 1.165) is 0 Å². The first-order chi connectivity index (χ1) is 5.73. The molecular weight excluding hydrogens is 158 g/mol. The third-order valence-electron chi connectivity index (χ3n) is 0.409. The SMILES string of the molecule is C=C.NC(N)=O.c1cnnnc1. The lowest BCUT2D eigenvalue weighted by Gasteiger charge is -1.68. The third kappa shape index (κ3) is 24.5. The van der Waals surface area contributed by atoms with Gasteiger partial charge in [-0.25, -0.2) is 4.79 Å². The summed E-state index contributed by atoms with van der Waals surface area (Å²) in [5.74, 6) is 0. The van der Waals surface area contributed by atoms with Crippen LogP contribution in [0.15, 0.2) is 31.6 Å². The quantitative estimate of drug-likeness (QED) is 0.519. The molecule has 0 atom stereocenters. The lowest BCUT2D eigenvalue weighted by molar-refractivity contribution is 0.256. The van der Waals surface area contributed by atoms with Crippen molar-refractivity contribution in [3.8, 4) is 0 Å². The number of carbonyl (C=O) groups excluding carboxylic acids is 1. The molecule has 1 heterocycles. The van der Waals surface area contributed by atoms with E-state index in [4.69, 9.17) is 4.79 Å². The van der Waals surface area contributed by atoms with Gasteiger partial charge in [0.1, 0.15) is 0 Å². The Balaban J connectivity index is 0. The average Bonchev–Trinajstić information content (AvgIpc) is 2.10. The smallest absolute Gasteiger partial charge is 0.309 e. The van der Waals surface area contributed by atoms with Gasteiger partial charge < -0.3 is 11.5 Å². The molecule has 6 nitrogen and oxygen atoms in total. The van der Waals surface area contributed by atoms with E-state index in [0.29, 0.717) is 0 Å². The maximum atomic E-state index is 9.00. The molecule has 12 heavy (non-hydrogen) atoms. The predicted octanol–water partition coefficient (Wildman–Crippen LogP) is -0.302. The van der Waals surface area contributed by atoms with Crippen LogP contribution in [0.2, 0.25) is 0 Å². The van der Waals surface area contributed by atoms with Crippen LogP contribution in [-0.2, 0) is 0 Å². The fourth-order valence-corrected chi connectivity index (χ4v) is 0.205. The fraction of sp³-hybridized carbons (Fsp3) is 0. The van der Waals surface area contributed by atoms with Gasteiger partial charge in [0.25, 0.3) is 0 Å². The van der Waals surface area contributed by atoms with Crippen LogP contribution < -0.4 is 11.5 Å². The molecule has 0 aliphatic carbocycles. The molecule has 0 saturated carbocycles. The van der Waals surface area contributed by atoms with Crippen molar-refractivity contribution in [3.05, 3.63) is 31.6 Å². The first kappa shape index (κ1) is 12.7. The number of hydrogen-bond donors (Lipinski definition) is 2. The minimum atomic E-state index is -0.833. The van der Waals surface area contributed by atoms with Gasteiger partial charge in [0.05, 0.1) is 12.4 Å². The van der Waals surface area contributed by atoms with Crippen molar-refractivity contribution in [2.75, 3.05) is 0 Å². The van der Waals surface area contributed by atoms with Crippen molar-refractivity contribution in [2.45, 2.75) is 0 Å². The lowest BCUT2D eigenvalue weighted by atomic mass is 10.7. The highest BCUT2D eigenvalue weighted by Crippen LogP contribution is 1.61. The first-order valence-corrected chi connectivity index (χ1v) is 2.86. The number of rotatable bonds is 0. The van der Waals surface area contributed by atoms with E-state index in [-0.39, 0.29) is 0 Å². The molecule has 1 rings (SSSR count). The summed E-state index contributed by atoms with van der Waals surface area (Å²) < 4.78 is 0. The van der Waals surface area contributed by atoms with Crippen LogP contribution in [0.25, 0.3) is 0 Å². The molecule has 0 spiro atoms. The van der Waals surface area contributed by atoms with Gasteiger partial charge in [0.15, 0.2) is 0 Å². The van der Waals surface area contributed by atoms with Crippen LogP contribution in [0.5, 0.6) is 0 Å². The van der Waals surface area contributed by atoms with Crippen molar-refractivity contribution in [3.63, 3.8) is 0 Å². The number of nitrogens with zero attached hydrogens (tertiary/aromatic N) is 3. The van der Waals surface area contributed by atoms with E-state index in [1.54, 1.807) is 18.5 Å². The fourth-order valence-electron chi connectivity index (χ4n) is 0.205. The van der Waals surface area contributed by atoms with E-state index in [1.165, 1.54) is 0 Å². The minimum Gasteiger partial charge on any atom is -0.352 e. The maximum absolute atomic E-state index is 9.00. The third-order valence-corrected chi connectivity index (χ3v) is 0.409. The number of carbonyl (C=O) groups is 1. The topological polar surface area (TPSA) is 108 Å². The van der Waals surface area contributed by atoms with E-state index >= 15 is 0 Å². The van der Waals surface area contributed by atoms with Gasteiger partial charge >= 0.3 is 6.03 Å². The molecule has 1 aromatic rings. The summed E-state index contributed by atoms with van der Waals surface area (Å²) in [6.07, 6.45) is 3.15. The summed E-state index contributed by atoms with van der Waals surface area (Å²) in [7, 11) is 0. The van der Waals surface area contributed by atoms with Gasteiger partial charge in [-0.3, -0.25) is 0 Å². The normalized spacial score (nSPS) is 6.33. The zero-order valence-corrected chi connectivity index (χ0v) is 6.55. The summed E-state index contributed by atoms with van der Waals surface area (Å²) in [5.41, 5.74) is 8.50. The van der Waals surface area contributed by atoms with Gasteiger partial charge in [0.2, 0.25) is 0 Å². The van der Waals surface area contributed by atoms with Gasteiger partial charge in [-0.15, -0.1) is 23.4 Å². The molecule has 0 aromatic carbocycles. The van der Waals surface area contributed by atoms with E-state index in [9.17, 15) is 0 Å². The second-order valence-electron chi connectivity index (χ2n) is 1.21. The van der Waals surface area contributed by atoms with Crippen LogP contribution in [0, 0.1) is 0 Å². The summed E-state index contributed by atoms with van der Waals surface area (Å²) >= 11 is 0. The molecule has 1 aromatic heterocycles. The van der Waals surface area contributed by atoms with E-state index in [1.807, 2.05) is 0 Å². The standard InChI is InChI=1S/C3H3N3.C2H4.CH4N2O/c1-2-4-6-5-3-1;1-2;2-1(3)4/h1-3H;1-2H2;(H4,2,3,4). The molecule has 0 bridgehead atoms. The van der Waals surface area contributed by atoms with Crippen molar-refractivity contribution in [2.24, 2.45) is 11.5 Å². The Bertz CT molecular complexity index is 160. The second-order valence-corrected chi connectivity index (χ2v) is 1.21. The molecule has 2 amide bonds. The molecule has 0 unspecified atom stereocenters. The average molecular weight is 169 g/mol. The monoisotopic (exact) mass is 169 g/mol. The Morgan fingerprint density at radius 3 is 1.58 bits per heavy atom. The Morgan fingerprint density at radius 2 is 1.50 bits per heavy atom. The van der Waals surface area contributed by atoms with Crippen LogP contribution in [0.1, 0.15) is 0 Å². The van der Waals surface area contributed by atoms with Gasteiger partial charge in [-0.1, -0.05) is 0 Å². The van der Waals surface area contributed by atoms with Gasteiger partial charge in [-0.2, -0.15) is 0 Å². The Hall–Kier alpha value is -1.98. The zero-order chi connectivity index (χ0) is 9.82. The number of primary amides is 2. The summed E-state index contributed by atoms with van der Waals surface area (Å²) in [6, 6.07) is 0.882. The number of nitrogens with two attached hydrogens (primary N) is 2. The number of aromatic nitrogens is 3. The van der Waals surface area contributed by atoms with Gasteiger partial charge in [-0.05, 0) is 11.3 Å². The van der Waals surface area contributed by atoms with Crippen molar-refractivity contribution in [1.29, 1.82) is 0 Å². The molecule has 0 fully saturated rings. The molecule has 0 radical (unpaired) electrons. The lowest BCUT2D eigenvalue weighted by Crippen LogP contribution is -2.18. The molecule has 0 saturated heterocycles. The maximum Gasteiger partial charge on any atom is 0.309 e. The van der Waals surface area contributed by atoms with Crippen LogP contribution in [0.4, 0.5) is 4.79 Å². The van der Waals surface area contributed by atoms with Crippen LogP contribution >= 0.6 is 0 Å². The summed E-state index contributed by atoms with van der Waals surface area (Å²) in [4.78, 5) is 9.00. The van der Waals surface area contributed by atoms with Crippen LogP contribution in [0.3, 0.4) is 0 Å². The molecule has 66 valence electrons. The Kier molecular flexibility index (Phi) is 12.4. The van der Waals surface area contributed by atoms with Crippen molar-refractivity contribution < 1.29 is 4.79 Å². The second kappa shape index (κ2) is 11.8. The van der Waals surface area contributed by atoms with Gasteiger partial charge in [0, 0.05) is 0 Å². The summed E-state index contributed by atoms with van der Waals surface area (Å²) in [6.45, 7) is 6.00. The number of hydrogen-bond acceptors (Lipinski definition) is 4. The molecule has 0 aliphatic heterocycles. The minimum absolute atomic E-state index is 0.833. The van der Waals surface area contributed by atoms with Crippen LogP contribution in [-0.4, -0.2) is 21.4 Å². The Morgan fingerprint density at radius 1 is 1.17 bits per heavy atom. The molecule has 6 heteroatoms. The van der Waals surface area contributed by atoms with E-state index in [2.05, 4.69) is 40.0 Å². The highest BCUT2D eigenvalue weighted by Gasteiger charge is 1.61.